The molecule has 0 bridgehead atoms. The van der Waals surface area contributed by atoms with Gasteiger partial charge in [0.15, 0.2) is 6.36 Å². The van der Waals surface area contributed by atoms with E-state index < -0.39 is 19.2 Å². The molecule has 82 valence electrons. The summed E-state index contributed by atoms with van der Waals surface area (Å²) in [5.74, 6) is 0. The van der Waals surface area contributed by atoms with E-state index in [1.807, 2.05) is 6.92 Å². The lowest BCUT2D eigenvalue weighted by Gasteiger charge is -1.90. The summed E-state index contributed by atoms with van der Waals surface area (Å²) in [6.45, 7) is 6.90. The third-order valence-corrected chi connectivity index (χ3v) is 0.537. The normalized spacial score (nSPS) is 12.5. The third-order valence-electron chi connectivity index (χ3n) is 0.537. The van der Waals surface area contributed by atoms with Gasteiger partial charge in [-0.15, -0.1) is 6.58 Å². The molecule has 0 aliphatic carbocycles. The number of hydrogen-bond acceptors (Lipinski definition) is 1. The zero-order valence-electron chi connectivity index (χ0n) is 8.69. The summed E-state index contributed by atoms with van der Waals surface area (Å²) in [6, 6.07) is 0. The Hall–Kier alpha value is -0.510. The van der Waals surface area contributed by atoms with Crippen molar-refractivity contribution in [2.45, 2.75) is 33.3 Å². The van der Waals surface area contributed by atoms with Gasteiger partial charge in [-0.2, -0.15) is 0 Å². The van der Waals surface area contributed by atoms with Crippen LogP contribution < -0.4 is 0 Å². The van der Waals surface area contributed by atoms with E-state index in [0.29, 0.717) is 0 Å². The maximum absolute atomic E-state index is 11.2. The fourth-order valence-electron chi connectivity index (χ4n) is 0. The van der Waals surface area contributed by atoms with E-state index in [9.17, 15) is 13.2 Å². The van der Waals surface area contributed by atoms with E-state index in [4.69, 9.17) is 0 Å². The molecule has 0 heterocycles. The van der Waals surface area contributed by atoms with Gasteiger partial charge in [0.1, 0.15) is 12.8 Å². The molecule has 2 atom stereocenters. The van der Waals surface area contributed by atoms with Crippen molar-refractivity contribution in [1.82, 2.24) is 0 Å². The number of ether oxygens (including phenoxy) is 1. The minimum atomic E-state index is -1.28. The van der Waals surface area contributed by atoms with Gasteiger partial charge in [-0.05, 0) is 20.8 Å². The van der Waals surface area contributed by atoms with E-state index in [-0.39, 0.29) is 0 Å². The highest BCUT2D eigenvalue weighted by molar-refractivity contribution is 4.51. The predicted molar refractivity (Wildman–Crippen MR) is 50.0 cm³/mol. The van der Waals surface area contributed by atoms with Crippen LogP contribution in [0.1, 0.15) is 20.8 Å². The lowest BCUT2D eigenvalue weighted by atomic mass is 10.5. The number of halogens is 3. The Kier molecular flexibility index (Phi) is 24.7. The van der Waals surface area contributed by atoms with Crippen LogP contribution in [0, 0.1) is 0 Å². The van der Waals surface area contributed by atoms with E-state index in [1.165, 1.54) is 21.0 Å². The quantitative estimate of drug-likeness (QED) is 0.620. The van der Waals surface area contributed by atoms with Crippen LogP contribution in [0.2, 0.25) is 0 Å². The maximum atomic E-state index is 11.2. The second-order valence-corrected chi connectivity index (χ2v) is 2.12. The van der Waals surface area contributed by atoms with Gasteiger partial charge in [0, 0.05) is 7.11 Å². The molecule has 13 heavy (non-hydrogen) atoms. The maximum Gasteiger partial charge on any atom is 0.195 e. The molecule has 0 aromatic carbocycles. The van der Waals surface area contributed by atoms with Crippen molar-refractivity contribution >= 4 is 0 Å². The van der Waals surface area contributed by atoms with Gasteiger partial charge < -0.3 is 4.74 Å². The Morgan fingerprint density at radius 2 is 1.54 bits per heavy atom. The number of alkyl halides is 3. The van der Waals surface area contributed by atoms with Gasteiger partial charge in [0.05, 0.1) is 0 Å². The molecule has 0 aliphatic heterocycles. The molecular weight excluding hydrogens is 181 g/mol. The fraction of sp³-hybridized carbons (Fsp3) is 0.778. The Balaban J connectivity index is -0.000000120. The number of rotatable bonds is 2. The van der Waals surface area contributed by atoms with Crippen molar-refractivity contribution in [2.75, 3.05) is 13.8 Å². The fourth-order valence-corrected chi connectivity index (χ4v) is 0. The lowest BCUT2D eigenvalue weighted by molar-refractivity contribution is 0.0113. The van der Waals surface area contributed by atoms with Crippen molar-refractivity contribution in [1.29, 1.82) is 0 Å². The molecule has 0 rings (SSSR count). The molecule has 0 N–H and O–H groups in total. The molecule has 0 fully saturated rings. The van der Waals surface area contributed by atoms with Gasteiger partial charge >= 0.3 is 0 Å². The van der Waals surface area contributed by atoms with Gasteiger partial charge in [0.25, 0.3) is 0 Å². The first kappa shape index (κ1) is 18.3. The minimum Gasteiger partial charge on any atom is -0.352 e. The molecule has 1 nitrogen and oxygen atoms in total. The molecule has 0 aliphatic rings. The second-order valence-electron chi connectivity index (χ2n) is 2.12. The molecule has 0 saturated heterocycles. The largest absolute Gasteiger partial charge is 0.352 e. The zero-order chi connectivity index (χ0) is 11.3. The average molecular weight is 200 g/mol. The molecule has 0 aromatic heterocycles. The van der Waals surface area contributed by atoms with Crippen LogP contribution in [-0.4, -0.2) is 26.3 Å². The summed E-state index contributed by atoms with van der Waals surface area (Å²) in [5.41, 5.74) is 0. The van der Waals surface area contributed by atoms with Gasteiger partial charge in [-0.25, -0.2) is 13.2 Å². The molecule has 4 heteroatoms. The van der Waals surface area contributed by atoms with Crippen LogP contribution in [-0.2, 0) is 4.74 Å². The first-order valence-electron chi connectivity index (χ1n) is 3.90. The first-order chi connectivity index (χ1) is 5.95. The average Bonchev–Trinajstić information content (AvgIpc) is 2.07. The lowest BCUT2D eigenvalue weighted by Crippen LogP contribution is -1.91. The summed E-state index contributed by atoms with van der Waals surface area (Å²) in [7, 11) is 1.32. The Labute approximate surface area is 78.6 Å². The molecule has 2 unspecified atom stereocenters. The van der Waals surface area contributed by atoms with Crippen molar-refractivity contribution < 1.29 is 17.9 Å². The number of allylic oxidation sites excluding steroid dienone is 1. The van der Waals surface area contributed by atoms with Gasteiger partial charge in [-0.1, -0.05) is 6.08 Å². The summed E-state index contributed by atoms with van der Waals surface area (Å²) < 4.78 is 37.1. The first-order valence-corrected chi connectivity index (χ1v) is 3.90. The van der Waals surface area contributed by atoms with Crippen LogP contribution in [0.5, 0.6) is 0 Å². The third kappa shape index (κ3) is 85.0. The minimum absolute atomic E-state index is 0.861. The predicted octanol–water partition coefficient (Wildman–Crippen LogP) is 3.45. The van der Waals surface area contributed by atoms with Crippen LogP contribution in [0.4, 0.5) is 13.2 Å². The highest BCUT2D eigenvalue weighted by Gasteiger charge is 1.89. The van der Waals surface area contributed by atoms with Crippen LogP contribution in [0.25, 0.3) is 0 Å². The van der Waals surface area contributed by atoms with Crippen molar-refractivity contribution in [2.24, 2.45) is 0 Å². The Bertz CT molecular complexity index is 76.9. The standard InChI is InChI=1S/C3H6F2.C3H7FO.C3H6/c1-3(5)2-4;1-3(4)5-2;1-3-2/h3H,2H2,1H3;3H,1-2H3;3H,1H2,2H3. The molecule has 0 aromatic rings. The van der Waals surface area contributed by atoms with Crippen molar-refractivity contribution in [3.05, 3.63) is 12.7 Å². The SMILES string of the molecule is C=CC.CC(F)CF.COC(C)F. The highest BCUT2D eigenvalue weighted by Crippen LogP contribution is 1.84. The second kappa shape index (κ2) is 17.5. The number of methoxy groups -OCH3 is 1. The smallest absolute Gasteiger partial charge is 0.195 e. The van der Waals surface area contributed by atoms with Crippen molar-refractivity contribution in [3.63, 3.8) is 0 Å². The summed E-state index contributed by atoms with van der Waals surface area (Å²) in [4.78, 5) is 0. The van der Waals surface area contributed by atoms with Crippen LogP contribution >= 0.6 is 0 Å². The molecule has 0 amide bonds. The zero-order valence-corrected chi connectivity index (χ0v) is 8.69. The summed E-state index contributed by atoms with van der Waals surface area (Å²) in [5, 5.41) is 0. The van der Waals surface area contributed by atoms with E-state index >= 15 is 0 Å². The topological polar surface area (TPSA) is 9.23 Å². The van der Waals surface area contributed by atoms with Crippen LogP contribution in [0.15, 0.2) is 12.7 Å². The van der Waals surface area contributed by atoms with E-state index in [0.717, 1.165) is 0 Å². The van der Waals surface area contributed by atoms with E-state index in [2.05, 4.69) is 11.3 Å². The summed E-state index contributed by atoms with van der Waals surface area (Å²) >= 11 is 0. The molecular formula is C9H19F3O. The number of hydrogen-bond donors (Lipinski definition) is 0. The highest BCUT2D eigenvalue weighted by atomic mass is 19.2. The van der Waals surface area contributed by atoms with Crippen molar-refractivity contribution in [3.8, 4) is 0 Å². The molecule has 0 spiro atoms. The van der Waals surface area contributed by atoms with Gasteiger partial charge in [-0.3, -0.25) is 0 Å². The molecule has 0 saturated carbocycles. The monoisotopic (exact) mass is 200 g/mol. The van der Waals surface area contributed by atoms with Crippen LogP contribution in [0.3, 0.4) is 0 Å². The van der Waals surface area contributed by atoms with E-state index in [1.54, 1.807) is 6.08 Å². The Morgan fingerprint density at radius 3 is 1.54 bits per heavy atom. The summed E-state index contributed by atoms with van der Waals surface area (Å²) in [6.07, 6.45) is -0.648. The Morgan fingerprint density at radius 1 is 1.38 bits per heavy atom. The van der Waals surface area contributed by atoms with Gasteiger partial charge in [0.2, 0.25) is 0 Å². The molecule has 0 radical (unpaired) electrons.